The van der Waals surface area contributed by atoms with Gasteiger partial charge in [-0.25, -0.2) is 9.78 Å². The fraction of sp³-hybridized carbons (Fsp3) is 0.519. The third-order valence-electron chi connectivity index (χ3n) is 6.93. The van der Waals surface area contributed by atoms with E-state index < -0.39 is 5.97 Å². The molecular formula is C27H34N2O6. The average molecular weight is 483 g/mol. The Labute approximate surface area is 206 Å². The minimum atomic E-state index is -0.938. The summed E-state index contributed by atoms with van der Waals surface area (Å²) in [6.07, 6.45) is 6.20. The van der Waals surface area contributed by atoms with E-state index in [1.807, 2.05) is 19.1 Å². The van der Waals surface area contributed by atoms with E-state index in [9.17, 15) is 14.7 Å². The van der Waals surface area contributed by atoms with E-state index in [4.69, 9.17) is 14.2 Å². The molecule has 2 aliphatic rings. The maximum Gasteiger partial charge on any atom is 0.337 e. The Kier molecular flexibility index (Phi) is 8.10. The van der Waals surface area contributed by atoms with Crippen molar-refractivity contribution >= 4 is 17.6 Å². The normalized spacial score (nSPS) is 17.0. The van der Waals surface area contributed by atoms with Crippen LogP contribution in [0.2, 0.25) is 0 Å². The van der Waals surface area contributed by atoms with Crippen LogP contribution < -0.4 is 14.4 Å². The number of carbonyl (C=O) groups excluding carboxylic acids is 1. The molecule has 0 spiro atoms. The van der Waals surface area contributed by atoms with Crippen molar-refractivity contribution in [3.8, 4) is 11.6 Å². The van der Waals surface area contributed by atoms with E-state index >= 15 is 0 Å². The molecule has 0 unspecified atom stereocenters. The van der Waals surface area contributed by atoms with Crippen molar-refractivity contribution < 1.29 is 28.9 Å². The van der Waals surface area contributed by atoms with Gasteiger partial charge in [-0.05, 0) is 74.1 Å². The largest absolute Gasteiger partial charge is 0.497 e. The first kappa shape index (κ1) is 24.8. The number of hydrogen-bond acceptors (Lipinski definition) is 7. The molecule has 188 valence electrons. The summed E-state index contributed by atoms with van der Waals surface area (Å²) in [4.78, 5) is 30.3. The van der Waals surface area contributed by atoms with Gasteiger partial charge in [0, 0.05) is 31.4 Å². The Morgan fingerprint density at radius 3 is 2.57 bits per heavy atom. The third kappa shape index (κ3) is 6.44. The highest BCUT2D eigenvalue weighted by molar-refractivity contribution is 5.95. The van der Waals surface area contributed by atoms with E-state index in [1.165, 1.54) is 0 Å². The van der Waals surface area contributed by atoms with E-state index in [1.54, 1.807) is 31.5 Å². The smallest absolute Gasteiger partial charge is 0.337 e. The number of piperidine rings is 1. The van der Waals surface area contributed by atoms with Crippen LogP contribution in [0.5, 0.6) is 11.6 Å². The van der Waals surface area contributed by atoms with E-state index in [0.29, 0.717) is 48.8 Å². The number of esters is 1. The summed E-state index contributed by atoms with van der Waals surface area (Å²) in [5, 5.41) is 9.58. The lowest BCUT2D eigenvalue weighted by Crippen LogP contribution is -2.36. The predicted octanol–water partition coefficient (Wildman–Crippen LogP) is 4.53. The van der Waals surface area contributed by atoms with Crippen LogP contribution >= 0.6 is 0 Å². The van der Waals surface area contributed by atoms with Gasteiger partial charge in [-0.2, -0.15) is 0 Å². The number of carboxylic acids is 1. The van der Waals surface area contributed by atoms with Gasteiger partial charge in [0.15, 0.2) is 0 Å². The number of rotatable bonds is 11. The van der Waals surface area contributed by atoms with Crippen molar-refractivity contribution in [3.63, 3.8) is 0 Å². The molecule has 1 atom stereocenters. The maximum absolute atomic E-state index is 12.1. The Morgan fingerprint density at radius 1 is 1.14 bits per heavy atom. The van der Waals surface area contributed by atoms with E-state index in [-0.39, 0.29) is 17.5 Å². The molecule has 1 aromatic heterocycles. The zero-order chi connectivity index (χ0) is 24.8. The molecule has 1 aromatic carbocycles. The molecule has 8 nitrogen and oxygen atoms in total. The van der Waals surface area contributed by atoms with Gasteiger partial charge < -0.3 is 24.2 Å². The molecule has 2 heterocycles. The second-order valence-corrected chi connectivity index (χ2v) is 9.31. The zero-order valence-electron chi connectivity index (χ0n) is 20.4. The summed E-state index contributed by atoms with van der Waals surface area (Å²) in [6.45, 7) is 4.28. The van der Waals surface area contributed by atoms with Crippen molar-refractivity contribution in [2.75, 3.05) is 38.3 Å². The summed E-state index contributed by atoms with van der Waals surface area (Å²) in [5.74, 6) is 1.16. The number of carboxylic acid groups (broad SMARTS) is 1. The molecule has 1 N–H and O–H groups in total. The average Bonchev–Trinajstić information content (AvgIpc) is 3.71. The first-order valence-electron chi connectivity index (χ1n) is 12.4. The SMILES string of the molecule is CCOC(=O)C[C@H](c1ccnc(OCC2CCN(c3cc(OC)ccc3C(=O)O)CC2)c1)C1CC1. The summed E-state index contributed by atoms with van der Waals surface area (Å²) in [7, 11) is 1.58. The first-order valence-corrected chi connectivity index (χ1v) is 12.4. The highest BCUT2D eigenvalue weighted by atomic mass is 16.5. The molecule has 2 fully saturated rings. The minimum Gasteiger partial charge on any atom is -0.497 e. The van der Waals surface area contributed by atoms with Crippen LogP contribution in [-0.2, 0) is 9.53 Å². The quantitative estimate of drug-likeness (QED) is 0.467. The third-order valence-corrected chi connectivity index (χ3v) is 6.93. The van der Waals surface area contributed by atoms with Crippen molar-refractivity contribution in [2.24, 2.45) is 11.8 Å². The minimum absolute atomic E-state index is 0.147. The fourth-order valence-electron chi connectivity index (χ4n) is 4.81. The molecule has 2 aromatic rings. The molecule has 4 rings (SSSR count). The number of nitrogens with zero attached hydrogens (tertiary/aromatic N) is 2. The monoisotopic (exact) mass is 482 g/mol. The summed E-state index contributed by atoms with van der Waals surface area (Å²) in [6, 6.07) is 9.01. The molecule has 0 radical (unpaired) electrons. The van der Waals surface area contributed by atoms with Crippen molar-refractivity contribution in [1.82, 2.24) is 4.98 Å². The first-order chi connectivity index (χ1) is 17.0. The van der Waals surface area contributed by atoms with E-state index in [2.05, 4.69) is 9.88 Å². The number of anilines is 1. The van der Waals surface area contributed by atoms with Crippen molar-refractivity contribution in [2.45, 2.75) is 44.9 Å². The van der Waals surface area contributed by atoms with Gasteiger partial charge >= 0.3 is 11.9 Å². The van der Waals surface area contributed by atoms with Gasteiger partial charge in [-0.3, -0.25) is 4.79 Å². The number of aromatic carboxylic acids is 1. The molecule has 1 aliphatic heterocycles. The number of pyridine rings is 1. The van der Waals surface area contributed by atoms with Crippen LogP contribution in [0.1, 0.15) is 60.9 Å². The molecular weight excluding hydrogens is 448 g/mol. The van der Waals surface area contributed by atoms with Crippen LogP contribution in [0, 0.1) is 11.8 Å². The number of methoxy groups -OCH3 is 1. The predicted molar refractivity (Wildman–Crippen MR) is 131 cm³/mol. The summed E-state index contributed by atoms with van der Waals surface area (Å²) in [5.41, 5.74) is 2.06. The van der Waals surface area contributed by atoms with Gasteiger partial charge in [0.2, 0.25) is 5.88 Å². The second-order valence-electron chi connectivity index (χ2n) is 9.31. The van der Waals surface area contributed by atoms with Crippen LogP contribution in [0.15, 0.2) is 36.5 Å². The molecule has 8 heteroatoms. The molecule has 35 heavy (non-hydrogen) atoms. The Bertz CT molecular complexity index is 1030. The number of carbonyl (C=O) groups is 2. The molecule has 0 amide bonds. The van der Waals surface area contributed by atoms with Crippen LogP contribution in [0.25, 0.3) is 0 Å². The van der Waals surface area contributed by atoms with Crippen LogP contribution in [0.3, 0.4) is 0 Å². The van der Waals surface area contributed by atoms with Gasteiger partial charge in [-0.1, -0.05) is 0 Å². The fourth-order valence-corrected chi connectivity index (χ4v) is 4.81. The lowest BCUT2D eigenvalue weighted by atomic mass is 9.92. The molecule has 1 saturated heterocycles. The number of aromatic nitrogens is 1. The maximum atomic E-state index is 12.1. The lowest BCUT2D eigenvalue weighted by molar-refractivity contribution is -0.143. The van der Waals surface area contributed by atoms with Crippen LogP contribution in [0.4, 0.5) is 5.69 Å². The molecule has 0 bridgehead atoms. The summed E-state index contributed by atoms with van der Waals surface area (Å²) < 4.78 is 16.5. The van der Waals surface area contributed by atoms with Gasteiger partial charge in [0.05, 0.1) is 38.0 Å². The Morgan fingerprint density at radius 2 is 1.91 bits per heavy atom. The van der Waals surface area contributed by atoms with Gasteiger partial charge in [-0.15, -0.1) is 0 Å². The topological polar surface area (TPSA) is 98.2 Å². The van der Waals surface area contributed by atoms with Crippen molar-refractivity contribution in [1.29, 1.82) is 0 Å². The highest BCUT2D eigenvalue weighted by Crippen LogP contribution is 2.45. The molecule has 1 aliphatic carbocycles. The Balaban J connectivity index is 1.33. The van der Waals surface area contributed by atoms with E-state index in [0.717, 1.165) is 44.3 Å². The van der Waals surface area contributed by atoms with Gasteiger partial charge in [0.25, 0.3) is 0 Å². The standard InChI is InChI=1S/C27H34N2O6/c1-3-34-26(30)16-23(19-4-5-19)20-8-11-28-25(14-20)35-17-18-9-12-29(13-10-18)24-15-21(33-2)6-7-22(24)27(31)32/h6-8,11,14-15,18-19,23H,3-5,9-10,12-13,16-17H2,1-2H3,(H,31,32)/t23-/m0/s1. The second kappa shape index (κ2) is 11.4. The Hall–Kier alpha value is -3.29. The lowest BCUT2D eigenvalue weighted by Gasteiger charge is -2.34. The van der Waals surface area contributed by atoms with Crippen LogP contribution in [-0.4, -0.2) is 55.4 Å². The zero-order valence-corrected chi connectivity index (χ0v) is 20.4. The molecule has 1 saturated carbocycles. The number of hydrogen-bond donors (Lipinski definition) is 1. The number of ether oxygens (including phenoxy) is 3. The summed E-state index contributed by atoms with van der Waals surface area (Å²) >= 11 is 0. The highest BCUT2D eigenvalue weighted by Gasteiger charge is 2.34. The number of benzene rings is 1. The van der Waals surface area contributed by atoms with Crippen molar-refractivity contribution in [3.05, 3.63) is 47.7 Å². The van der Waals surface area contributed by atoms with Gasteiger partial charge in [0.1, 0.15) is 5.75 Å².